The van der Waals surface area contributed by atoms with E-state index in [0.29, 0.717) is 0 Å². The average molecular weight is 342 g/mol. The molecule has 2 fully saturated rings. The van der Waals surface area contributed by atoms with E-state index < -0.39 is 0 Å². The van der Waals surface area contributed by atoms with Crippen LogP contribution in [0.3, 0.4) is 0 Å². The molecule has 1 aliphatic heterocycles. The Bertz CT molecular complexity index is 634. The highest BCUT2D eigenvalue weighted by atomic mass is 16.2. The third-order valence-electron chi connectivity index (χ3n) is 5.74. The molecule has 5 heteroatoms. The monoisotopic (exact) mass is 342 g/mol. The lowest BCUT2D eigenvalue weighted by Crippen LogP contribution is -2.36. The van der Waals surface area contributed by atoms with Gasteiger partial charge in [-0.15, -0.1) is 0 Å². The van der Waals surface area contributed by atoms with Gasteiger partial charge < -0.3 is 4.90 Å². The summed E-state index contributed by atoms with van der Waals surface area (Å²) < 4.78 is 0. The van der Waals surface area contributed by atoms with Crippen LogP contribution in [0.4, 0.5) is 0 Å². The Hall–Kier alpha value is -2.17. The molecule has 0 radical (unpaired) electrons. The standard InChI is InChI=1S/C20H26N2O3/c1-14(15-8-4-3-5-9-15)21(2)18(23)12-13-22-19(24)16-10-6-7-11-17(16)20(22)25/h3-5,8-9,14,16-17H,6-7,10-13H2,1-2H3/t14-,16+,17+/m1/s1. The molecule has 0 unspecified atom stereocenters. The van der Waals surface area contributed by atoms with Crippen molar-refractivity contribution < 1.29 is 14.4 Å². The number of hydrogen-bond donors (Lipinski definition) is 0. The van der Waals surface area contributed by atoms with Crippen LogP contribution in [0.5, 0.6) is 0 Å². The number of fused-ring (bicyclic) bond motifs is 1. The molecule has 1 aromatic rings. The normalized spacial score (nSPS) is 24.2. The van der Waals surface area contributed by atoms with Crippen molar-refractivity contribution in [2.24, 2.45) is 11.8 Å². The number of imide groups is 1. The van der Waals surface area contributed by atoms with Crippen molar-refractivity contribution in [3.8, 4) is 0 Å². The third kappa shape index (κ3) is 3.46. The lowest BCUT2D eigenvalue weighted by molar-refractivity contribution is -0.141. The Balaban J connectivity index is 1.58. The van der Waals surface area contributed by atoms with Gasteiger partial charge in [0, 0.05) is 20.0 Å². The SMILES string of the molecule is C[C@H](c1ccccc1)N(C)C(=O)CCN1C(=O)[C@H]2CCCC[C@@H]2C1=O. The second kappa shape index (κ2) is 7.38. The Morgan fingerprint density at radius 1 is 1.12 bits per heavy atom. The highest BCUT2D eigenvalue weighted by Crippen LogP contribution is 2.38. The quantitative estimate of drug-likeness (QED) is 0.773. The lowest BCUT2D eigenvalue weighted by atomic mass is 9.81. The summed E-state index contributed by atoms with van der Waals surface area (Å²) in [5, 5.41) is 0. The Kier molecular flexibility index (Phi) is 5.21. The molecule has 1 saturated carbocycles. The molecule has 1 aromatic carbocycles. The average Bonchev–Trinajstić information content (AvgIpc) is 2.90. The molecular weight excluding hydrogens is 316 g/mol. The molecule has 2 aliphatic rings. The maximum atomic E-state index is 12.5. The Morgan fingerprint density at radius 2 is 1.68 bits per heavy atom. The number of likely N-dealkylation sites (tertiary alicyclic amines) is 1. The van der Waals surface area contributed by atoms with Crippen LogP contribution < -0.4 is 0 Å². The molecule has 134 valence electrons. The van der Waals surface area contributed by atoms with Gasteiger partial charge in [0.2, 0.25) is 17.7 Å². The molecule has 5 nitrogen and oxygen atoms in total. The number of carbonyl (C=O) groups is 3. The van der Waals surface area contributed by atoms with E-state index in [2.05, 4.69) is 0 Å². The summed E-state index contributed by atoms with van der Waals surface area (Å²) in [5.41, 5.74) is 1.07. The van der Waals surface area contributed by atoms with Crippen molar-refractivity contribution in [1.82, 2.24) is 9.80 Å². The zero-order valence-corrected chi connectivity index (χ0v) is 15.0. The van der Waals surface area contributed by atoms with E-state index in [1.54, 1.807) is 11.9 Å². The fraction of sp³-hybridized carbons (Fsp3) is 0.550. The summed E-state index contributed by atoms with van der Waals surface area (Å²) in [6.07, 6.45) is 3.84. The minimum atomic E-state index is -0.141. The van der Waals surface area contributed by atoms with E-state index >= 15 is 0 Å². The van der Waals surface area contributed by atoms with Crippen molar-refractivity contribution in [3.63, 3.8) is 0 Å². The summed E-state index contributed by atoms with van der Waals surface area (Å²) in [6, 6.07) is 9.80. The van der Waals surface area contributed by atoms with Crippen LogP contribution in [0.2, 0.25) is 0 Å². The number of carbonyl (C=O) groups excluding carboxylic acids is 3. The van der Waals surface area contributed by atoms with E-state index in [9.17, 15) is 14.4 Å². The summed E-state index contributed by atoms with van der Waals surface area (Å²) in [7, 11) is 1.77. The van der Waals surface area contributed by atoms with Gasteiger partial charge in [0.1, 0.15) is 0 Å². The van der Waals surface area contributed by atoms with Crippen molar-refractivity contribution in [2.45, 2.75) is 45.1 Å². The van der Waals surface area contributed by atoms with Crippen LogP contribution in [-0.4, -0.2) is 41.1 Å². The summed E-state index contributed by atoms with van der Waals surface area (Å²) >= 11 is 0. The number of nitrogens with zero attached hydrogens (tertiary/aromatic N) is 2. The molecule has 1 saturated heterocycles. The van der Waals surface area contributed by atoms with E-state index in [1.165, 1.54) is 4.90 Å². The predicted molar refractivity (Wildman–Crippen MR) is 94.4 cm³/mol. The molecule has 0 bridgehead atoms. The van der Waals surface area contributed by atoms with Crippen LogP contribution in [0.15, 0.2) is 30.3 Å². The first kappa shape index (κ1) is 17.6. The van der Waals surface area contributed by atoms with Crippen LogP contribution >= 0.6 is 0 Å². The zero-order valence-electron chi connectivity index (χ0n) is 15.0. The molecule has 1 aliphatic carbocycles. The number of benzene rings is 1. The van der Waals surface area contributed by atoms with Crippen molar-refractivity contribution in [2.75, 3.05) is 13.6 Å². The first-order chi connectivity index (χ1) is 12.0. The molecule has 0 aromatic heterocycles. The van der Waals surface area contributed by atoms with Gasteiger partial charge in [-0.3, -0.25) is 19.3 Å². The molecule has 0 N–H and O–H groups in total. The molecule has 3 amide bonds. The first-order valence-corrected chi connectivity index (χ1v) is 9.16. The number of hydrogen-bond acceptors (Lipinski definition) is 3. The van der Waals surface area contributed by atoms with Crippen LogP contribution in [0.25, 0.3) is 0 Å². The van der Waals surface area contributed by atoms with Crippen molar-refractivity contribution in [1.29, 1.82) is 0 Å². The zero-order chi connectivity index (χ0) is 18.0. The lowest BCUT2D eigenvalue weighted by Gasteiger charge is -2.26. The maximum absolute atomic E-state index is 12.5. The summed E-state index contributed by atoms with van der Waals surface area (Å²) in [4.78, 5) is 40.5. The third-order valence-corrected chi connectivity index (χ3v) is 5.74. The highest BCUT2D eigenvalue weighted by molar-refractivity contribution is 6.05. The van der Waals surface area contributed by atoms with Gasteiger partial charge in [0.15, 0.2) is 0 Å². The van der Waals surface area contributed by atoms with Gasteiger partial charge in [-0.2, -0.15) is 0 Å². The van der Waals surface area contributed by atoms with Gasteiger partial charge in [0.25, 0.3) is 0 Å². The van der Waals surface area contributed by atoms with Crippen molar-refractivity contribution >= 4 is 17.7 Å². The molecule has 25 heavy (non-hydrogen) atoms. The topological polar surface area (TPSA) is 57.7 Å². The molecule has 0 spiro atoms. The second-order valence-corrected chi connectivity index (χ2v) is 7.17. The fourth-order valence-electron chi connectivity index (χ4n) is 4.01. The smallest absolute Gasteiger partial charge is 0.233 e. The summed E-state index contributed by atoms with van der Waals surface area (Å²) in [5.74, 6) is -0.469. The fourth-order valence-corrected chi connectivity index (χ4v) is 4.01. The minimum Gasteiger partial charge on any atom is -0.339 e. The summed E-state index contributed by atoms with van der Waals surface area (Å²) in [6.45, 7) is 2.18. The van der Waals surface area contributed by atoms with Gasteiger partial charge in [-0.05, 0) is 25.3 Å². The minimum absolute atomic E-state index is 0.0405. The van der Waals surface area contributed by atoms with E-state index in [4.69, 9.17) is 0 Å². The van der Waals surface area contributed by atoms with Gasteiger partial charge in [-0.1, -0.05) is 43.2 Å². The molecular formula is C20H26N2O3. The van der Waals surface area contributed by atoms with Crippen molar-refractivity contribution in [3.05, 3.63) is 35.9 Å². The van der Waals surface area contributed by atoms with Crippen LogP contribution in [-0.2, 0) is 14.4 Å². The van der Waals surface area contributed by atoms with Crippen LogP contribution in [0, 0.1) is 11.8 Å². The van der Waals surface area contributed by atoms with E-state index in [-0.39, 0.29) is 48.6 Å². The van der Waals surface area contributed by atoms with E-state index in [0.717, 1.165) is 31.2 Å². The highest BCUT2D eigenvalue weighted by Gasteiger charge is 2.47. The Morgan fingerprint density at radius 3 is 2.24 bits per heavy atom. The predicted octanol–water partition coefficient (Wildman–Crippen LogP) is 2.77. The number of rotatable bonds is 5. The van der Waals surface area contributed by atoms with Gasteiger partial charge in [0.05, 0.1) is 17.9 Å². The molecule has 3 rings (SSSR count). The van der Waals surface area contributed by atoms with Gasteiger partial charge >= 0.3 is 0 Å². The number of amides is 3. The second-order valence-electron chi connectivity index (χ2n) is 7.17. The maximum Gasteiger partial charge on any atom is 0.233 e. The van der Waals surface area contributed by atoms with Crippen LogP contribution in [0.1, 0.15) is 50.6 Å². The van der Waals surface area contributed by atoms with Gasteiger partial charge in [-0.25, -0.2) is 0 Å². The van der Waals surface area contributed by atoms with E-state index in [1.807, 2.05) is 37.3 Å². The first-order valence-electron chi connectivity index (χ1n) is 9.16. The largest absolute Gasteiger partial charge is 0.339 e. The molecule has 3 atom stereocenters. The molecule has 1 heterocycles. The Labute approximate surface area is 149 Å².